The molecular weight excluding hydrogens is 626 g/mol. The number of aliphatic carboxylic acids is 2. The Balaban J connectivity index is 2.85. The highest BCUT2D eigenvalue weighted by Crippen LogP contribution is 2.10. The molecule has 7 atom stereocenters. The summed E-state index contributed by atoms with van der Waals surface area (Å²) in [5.74, 6) is -9.14. The van der Waals surface area contributed by atoms with Gasteiger partial charge in [-0.3, -0.25) is 33.6 Å². The summed E-state index contributed by atoms with van der Waals surface area (Å²) in [5, 5.41) is 54.3. The molecule has 0 saturated carbocycles. The van der Waals surface area contributed by atoms with Crippen molar-refractivity contribution in [3.63, 3.8) is 0 Å². The number of carbonyl (C=O) groups excluding carboxylic acids is 6. The van der Waals surface area contributed by atoms with E-state index in [-0.39, 0.29) is 11.8 Å². The van der Waals surface area contributed by atoms with Crippen LogP contribution < -0.4 is 37.2 Å². The summed E-state index contributed by atoms with van der Waals surface area (Å²) in [4.78, 5) is 98.9. The number of rotatable bonds is 19. The van der Waals surface area contributed by atoms with Gasteiger partial charge in [0.05, 0.1) is 31.7 Å². The fourth-order valence-corrected chi connectivity index (χ4v) is 4.49. The number of amides is 6. The van der Waals surface area contributed by atoms with E-state index in [0.717, 1.165) is 13.3 Å². The molecule has 1 saturated heterocycles. The first-order valence-electron chi connectivity index (χ1n) is 15.1. The minimum Gasteiger partial charge on any atom is -0.481 e. The fourth-order valence-electron chi connectivity index (χ4n) is 4.49. The maximum absolute atomic E-state index is 13.1. The lowest BCUT2D eigenvalue weighted by molar-refractivity contribution is -0.146. The van der Waals surface area contributed by atoms with Crippen molar-refractivity contribution >= 4 is 47.4 Å². The minimum absolute atomic E-state index is 0.337. The van der Waals surface area contributed by atoms with Crippen LogP contribution >= 0.6 is 0 Å². The number of hydrogen-bond donors (Lipinski definition) is 11. The van der Waals surface area contributed by atoms with Crippen LogP contribution in [0.15, 0.2) is 0 Å². The Morgan fingerprint density at radius 2 is 1.28 bits per heavy atom. The molecule has 0 bridgehead atoms. The number of hydrogen-bond acceptors (Lipinski definition) is 11. The van der Waals surface area contributed by atoms with Gasteiger partial charge in [0.15, 0.2) is 6.04 Å². The van der Waals surface area contributed by atoms with E-state index in [0.29, 0.717) is 13.0 Å². The van der Waals surface area contributed by atoms with E-state index in [1.165, 1.54) is 0 Å². The summed E-state index contributed by atoms with van der Waals surface area (Å²) in [6.07, 6.45) is -1.08. The van der Waals surface area contributed by atoms with Crippen molar-refractivity contribution < 1.29 is 58.8 Å². The average Bonchev–Trinajstić information content (AvgIpc) is 3.52. The summed E-state index contributed by atoms with van der Waals surface area (Å²) in [6, 6.07) is -7.77. The first kappa shape index (κ1) is 40.7. The highest BCUT2D eigenvalue weighted by Gasteiger charge is 2.34. The molecule has 1 fully saturated rings. The lowest BCUT2D eigenvalue weighted by Gasteiger charge is -2.28. The van der Waals surface area contributed by atoms with E-state index in [1.54, 1.807) is 27.7 Å². The Labute approximate surface area is 271 Å². The minimum atomic E-state index is -1.80. The van der Waals surface area contributed by atoms with Crippen LogP contribution in [0.25, 0.3) is 0 Å². The van der Waals surface area contributed by atoms with E-state index in [1.807, 2.05) is 10.6 Å². The topological polar surface area (TPSA) is 302 Å². The van der Waals surface area contributed by atoms with Crippen molar-refractivity contribution in [3.8, 4) is 0 Å². The zero-order valence-electron chi connectivity index (χ0n) is 27.0. The quantitative estimate of drug-likeness (QED) is 0.0617. The van der Waals surface area contributed by atoms with Crippen LogP contribution in [-0.4, -0.2) is 130 Å². The molecule has 1 rings (SSSR count). The Bertz CT molecular complexity index is 1160. The van der Waals surface area contributed by atoms with Crippen LogP contribution in [0.2, 0.25) is 0 Å². The summed E-state index contributed by atoms with van der Waals surface area (Å²) < 4.78 is 0. The molecular formula is C28H47N7O12. The highest BCUT2D eigenvalue weighted by atomic mass is 16.4. The normalized spacial score (nSPS) is 18.1. The third-order valence-electron chi connectivity index (χ3n) is 7.19. The van der Waals surface area contributed by atoms with Gasteiger partial charge >= 0.3 is 11.9 Å². The molecule has 1 heterocycles. The van der Waals surface area contributed by atoms with Gasteiger partial charge in [-0.2, -0.15) is 0 Å². The molecule has 19 nitrogen and oxygen atoms in total. The van der Waals surface area contributed by atoms with E-state index in [9.17, 15) is 48.6 Å². The van der Waals surface area contributed by atoms with Gasteiger partial charge in [-0.25, -0.2) is 4.79 Å². The smallest absolute Gasteiger partial charge is 0.328 e. The van der Waals surface area contributed by atoms with Gasteiger partial charge in [-0.05, 0) is 38.1 Å². The number of carboxylic acids is 2. The third kappa shape index (κ3) is 13.5. The van der Waals surface area contributed by atoms with E-state index < -0.39 is 109 Å². The van der Waals surface area contributed by atoms with Gasteiger partial charge in [0.1, 0.15) is 24.2 Å². The maximum atomic E-state index is 13.1. The number of aliphatic hydroxyl groups excluding tert-OH is 2. The predicted octanol–water partition coefficient (Wildman–Crippen LogP) is -4.48. The number of nitrogens with one attached hydrogen (secondary N) is 7. The zero-order chi connectivity index (χ0) is 36.0. The number of carboxylic acid groups (broad SMARTS) is 2. The average molecular weight is 674 g/mol. The molecule has 0 spiro atoms. The number of carbonyl (C=O) groups is 8. The van der Waals surface area contributed by atoms with E-state index >= 15 is 0 Å². The lowest BCUT2D eigenvalue weighted by Crippen LogP contribution is -2.60. The van der Waals surface area contributed by atoms with Crippen LogP contribution in [0, 0.1) is 11.8 Å². The van der Waals surface area contributed by atoms with Crippen molar-refractivity contribution in [3.05, 3.63) is 0 Å². The fraction of sp³-hybridized carbons (Fsp3) is 0.714. The summed E-state index contributed by atoms with van der Waals surface area (Å²) in [7, 11) is 0. The molecule has 6 amide bonds. The second-order valence-electron chi connectivity index (χ2n) is 11.9. The summed E-state index contributed by atoms with van der Waals surface area (Å²) in [6.45, 7) is 6.68. The molecule has 0 aliphatic carbocycles. The summed E-state index contributed by atoms with van der Waals surface area (Å²) in [5.41, 5.74) is 0. The standard InChI is InChI=1S/C28H47N7O12/c1-12(2)20(34-27(45)21(13(3)4)33-24(42)15-7-6-8-29-15)26(44)32-17(11-36)23(41)30-10-18(38)31-16(9-19(39)40)25(43)35-22(14(5)37)28(46)47/h12-17,20-22,29,36-37H,6-11H2,1-5H3,(H,30,41)(H,31,38)(H,32,44)(H,33,42)(H,34,45)(H,35,43)(H,39,40)(H,46,47)/t14-,15+,16+,17+,20+,21+,22+/m1/s1. The Morgan fingerprint density at radius 1 is 0.723 bits per heavy atom. The van der Waals surface area contributed by atoms with Crippen LogP contribution in [-0.2, 0) is 38.4 Å². The van der Waals surface area contributed by atoms with Gasteiger partial charge in [0.25, 0.3) is 0 Å². The molecule has 19 heteroatoms. The van der Waals surface area contributed by atoms with Crippen LogP contribution in [0.3, 0.4) is 0 Å². The molecule has 47 heavy (non-hydrogen) atoms. The molecule has 1 aliphatic rings. The van der Waals surface area contributed by atoms with Crippen molar-refractivity contribution in [2.75, 3.05) is 19.7 Å². The van der Waals surface area contributed by atoms with Crippen molar-refractivity contribution in [1.82, 2.24) is 37.2 Å². The molecule has 266 valence electrons. The van der Waals surface area contributed by atoms with Gasteiger partial charge in [-0.15, -0.1) is 0 Å². The SMILES string of the molecule is CC(C)[C@H](NC(=O)[C@@H]1CCCN1)C(=O)N[C@H](C(=O)N[C@@H](CO)C(=O)NCC(=O)N[C@@H](CC(=O)O)C(=O)N[C@H](C(=O)O)[C@@H](C)O)C(C)C. The Kier molecular flexibility index (Phi) is 16.7. The molecule has 0 aromatic heterocycles. The van der Waals surface area contributed by atoms with Gasteiger partial charge in [-0.1, -0.05) is 27.7 Å². The van der Waals surface area contributed by atoms with Crippen LogP contribution in [0.1, 0.15) is 53.9 Å². The molecule has 0 aromatic rings. The Hall–Kier alpha value is -4.36. The van der Waals surface area contributed by atoms with Gasteiger partial charge < -0.3 is 57.6 Å². The summed E-state index contributed by atoms with van der Waals surface area (Å²) >= 11 is 0. The van der Waals surface area contributed by atoms with Crippen molar-refractivity contribution in [1.29, 1.82) is 0 Å². The predicted molar refractivity (Wildman–Crippen MR) is 162 cm³/mol. The van der Waals surface area contributed by atoms with E-state index in [4.69, 9.17) is 10.2 Å². The van der Waals surface area contributed by atoms with E-state index in [2.05, 4.69) is 26.6 Å². The van der Waals surface area contributed by atoms with Crippen LogP contribution in [0.5, 0.6) is 0 Å². The maximum Gasteiger partial charge on any atom is 0.328 e. The van der Waals surface area contributed by atoms with Crippen LogP contribution in [0.4, 0.5) is 0 Å². The second-order valence-corrected chi connectivity index (χ2v) is 11.9. The highest BCUT2D eigenvalue weighted by molar-refractivity contribution is 5.97. The number of aliphatic hydroxyl groups is 2. The molecule has 0 radical (unpaired) electrons. The molecule has 11 N–H and O–H groups in total. The lowest BCUT2D eigenvalue weighted by atomic mass is 9.99. The van der Waals surface area contributed by atoms with Gasteiger partial charge in [0.2, 0.25) is 35.4 Å². The second kappa shape index (κ2) is 19.3. The zero-order valence-corrected chi connectivity index (χ0v) is 27.0. The largest absolute Gasteiger partial charge is 0.481 e. The monoisotopic (exact) mass is 673 g/mol. The first-order chi connectivity index (χ1) is 21.9. The molecule has 0 unspecified atom stereocenters. The van der Waals surface area contributed by atoms with Crippen molar-refractivity contribution in [2.24, 2.45) is 11.8 Å². The first-order valence-corrected chi connectivity index (χ1v) is 15.1. The van der Waals surface area contributed by atoms with Gasteiger partial charge in [0, 0.05) is 0 Å². The molecule has 1 aliphatic heterocycles. The van der Waals surface area contributed by atoms with Crippen molar-refractivity contribution in [2.45, 2.75) is 96.2 Å². The molecule has 0 aromatic carbocycles. The Morgan fingerprint density at radius 3 is 1.74 bits per heavy atom. The third-order valence-corrected chi connectivity index (χ3v) is 7.19.